The third-order valence-corrected chi connectivity index (χ3v) is 3.47. The summed E-state index contributed by atoms with van der Waals surface area (Å²) in [5, 5.41) is 8.87. The average Bonchev–Trinajstić information content (AvgIpc) is 2.20. The highest BCUT2D eigenvalue weighted by Crippen LogP contribution is 2.17. The molecule has 0 radical (unpaired) electrons. The smallest absolute Gasteiger partial charge is 0.317 e. The third kappa shape index (κ3) is 4.10. The Bertz CT molecular complexity index is 231. The second-order valence-corrected chi connectivity index (χ2v) is 5.05. The molecular weight excluding hydrogens is 204 g/mol. The van der Waals surface area contributed by atoms with Crippen LogP contribution in [-0.2, 0) is 4.79 Å². The lowest BCUT2D eigenvalue weighted by molar-refractivity contribution is -0.139. The third-order valence-electron chi connectivity index (χ3n) is 3.47. The van der Waals surface area contributed by atoms with Gasteiger partial charge in [-0.15, -0.1) is 0 Å². The van der Waals surface area contributed by atoms with Gasteiger partial charge in [-0.1, -0.05) is 6.42 Å². The normalized spacial score (nSPS) is 22.9. The summed E-state index contributed by atoms with van der Waals surface area (Å²) in [5.74, 6) is -0.709. The van der Waals surface area contributed by atoms with E-state index < -0.39 is 5.97 Å². The van der Waals surface area contributed by atoms with Gasteiger partial charge in [0.25, 0.3) is 0 Å². The van der Waals surface area contributed by atoms with E-state index in [0.29, 0.717) is 12.1 Å². The Balaban J connectivity index is 2.49. The minimum atomic E-state index is -0.709. The van der Waals surface area contributed by atoms with E-state index in [2.05, 4.69) is 30.7 Å². The average molecular weight is 228 g/mol. The van der Waals surface area contributed by atoms with Crippen molar-refractivity contribution in [3.8, 4) is 0 Å². The SMILES string of the molecule is CC(C)N(C)CC1CCCCN1CC(=O)O. The number of carbonyl (C=O) groups is 1. The highest BCUT2D eigenvalue weighted by atomic mass is 16.4. The molecule has 0 aromatic rings. The van der Waals surface area contributed by atoms with Crippen LogP contribution in [0.1, 0.15) is 33.1 Å². The van der Waals surface area contributed by atoms with Crippen molar-refractivity contribution in [2.75, 3.05) is 26.7 Å². The summed E-state index contributed by atoms with van der Waals surface area (Å²) in [5.41, 5.74) is 0. The molecule has 1 N–H and O–H groups in total. The highest BCUT2D eigenvalue weighted by molar-refractivity contribution is 5.69. The zero-order chi connectivity index (χ0) is 12.1. The molecule has 0 aliphatic carbocycles. The zero-order valence-corrected chi connectivity index (χ0v) is 10.6. The van der Waals surface area contributed by atoms with Crippen molar-refractivity contribution >= 4 is 5.97 Å². The molecule has 0 bridgehead atoms. The summed E-state index contributed by atoms with van der Waals surface area (Å²) in [4.78, 5) is 15.2. The van der Waals surface area contributed by atoms with Crippen molar-refractivity contribution in [2.45, 2.75) is 45.2 Å². The predicted octanol–water partition coefficient (Wildman–Crippen LogP) is 1.27. The molecule has 0 amide bonds. The van der Waals surface area contributed by atoms with Gasteiger partial charge in [0.1, 0.15) is 0 Å². The Morgan fingerprint density at radius 2 is 2.19 bits per heavy atom. The largest absolute Gasteiger partial charge is 0.480 e. The maximum absolute atomic E-state index is 10.8. The summed E-state index contributed by atoms with van der Waals surface area (Å²) < 4.78 is 0. The predicted molar refractivity (Wildman–Crippen MR) is 64.6 cm³/mol. The molecule has 0 spiro atoms. The molecule has 1 fully saturated rings. The van der Waals surface area contributed by atoms with Crippen molar-refractivity contribution in [3.05, 3.63) is 0 Å². The van der Waals surface area contributed by atoms with E-state index in [1.165, 1.54) is 6.42 Å². The minimum Gasteiger partial charge on any atom is -0.480 e. The van der Waals surface area contributed by atoms with Gasteiger partial charge >= 0.3 is 5.97 Å². The lowest BCUT2D eigenvalue weighted by Gasteiger charge is -2.37. The number of nitrogens with zero attached hydrogens (tertiary/aromatic N) is 2. The number of likely N-dealkylation sites (N-methyl/N-ethyl adjacent to an activating group) is 1. The molecular formula is C12H24N2O2. The molecule has 4 heteroatoms. The summed E-state index contributed by atoms with van der Waals surface area (Å²) in [6, 6.07) is 0.936. The topological polar surface area (TPSA) is 43.8 Å². The van der Waals surface area contributed by atoms with Crippen molar-refractivity contribution in [3.63, 3.8) is 0 Å². The second kappa shape index (κ2) is 6.21. The van der Waals surface area contributed by atoms with Crippen LogP contribution in [0.2, 0.25) is 0 Å². The number of hydrogen-bond acceptors (Lipinski definition) is 3. The number of rotatable bonds is 5. The summed E-state index contributed by atoms with van der Waals surface area (Å²) in [7, 11) is 2.11. The highest BCUT2D eigenvalue weighted by Gasteiger charge is 2.25. The number of carboxylic acids is 1. The first-order chi connectivity index (χ1) is 7.50. The number of aliphatic carboxylic acids is 1. The molecule has 1 saturated heterocycles. The van der Waals surface area contributed by atoms with E-state index in [0.717, 1.165) is 25.9 Å². The minimum absolute atomic E-state index is 0.191. The maximum atomic E-state index is 10.8. The van der Waals surface area contributed by atoms with Crippen LogP contribution in [0.4, 0.5) is 0 Å². The summed E-state index contributed by atoms with van der Waals surface area (Å²) >= 11 is 0. The van der Waals surface area contributed by atoms with Crippen molar-refractivity contribution in [1.82, 2.24) is 9.80 Å². The van der Waals surface area contributed by atoms with Crippen LogP contribution in [0, 0.1) is 0 Å². The fraction of sp³-hybridized carbons (Fsp3) is 0.917. The molecule has 0 saturated carbocycles. The summed E-state index contributed by atoms with van der Waals surface area (Å²) in [6.07, 6.45) is 3.49. The van der Waals surface area contributed by atoms with Crippen LogP contribution < -0.4 is 0 Å². The molecule has 1 atom stereocenters. The van der Waals surface area contributed by atoms with Crippen LogP contribution in [0.5, 0.6) is 0 Å². The lowest BCUT2D eigenvalue weighted by Crippen LogP contribution is -2.48. The van der Waals surface area contributed by atoms with E-state index in [1.807, 2.05) is 0 Å². The summed E-state index contributed by atoms with van der Waals surface area (Å²) in [6.45, 7) is 6.44. The van der Waals surface area contributed by atoms with Crippen LogP contribution in [-0.4, -0.2) is 59.6 Å². The van der Waals surface area contributed by atoms with Crippen molar-refractivity contribution in [2.24, 2.45) is 0 Å². The Hall–Kier alpha value is -0.610. The molecule has 4 nitrogen and oxygen atoms in total. The standard InChI is InChI=1S/C12H24N2O2/c1-10(2)13(3)8-11-6-4-5-7-14(11)9-12(15)16/h10-11H,4-9H2,1-3H3,(H,15,16). The Kier molecular flexibility index (Phi) is 5.22. The molecule has 1 aliphatic heterocycles. The van der Waals surface area contributed by atoms with Crippen molar-refractivity contribution < 1.29 is 9.90 Å². The molecule has 0 aromatic carbocycles. The van der Waals surface area contributed by atoms with Gasteiger partial charge in [0, 0.05) is 18.6 Å². The van der Waals surface area contributed by atoms with E-state index in [1.54, 1.807) is 0 Å². The van der Waals surface area contributed by atoms with E-state index in [4.69, 9.17) is 5.11 Å². The zero-order valence-electron chi connectivity index (χ0n) is 10.6. The first kappa shape index (κ1) is 13.5. The van der Waals surface area contributed by atoms with Gasteiger partial charge in [-0.3, -0.25) is 9.69 Å². The monoisotopic (exact) mass is 228 g/mol. The Morgan fingerprint density at radius 3 is 2.75 bits per heavy atom. The van der Waals surface area contributed by atoms with E-state index in [-0.39, 0.29) is 6.54 Å². The van der Waals surface area contributed by atoms with E-state index in [9.17, 15) is 4.79 Å². The van der Waals surface area contributed by atoms with Gasteiger partial charge in [0.15, 0.2) is 0 Å². The van der Waals surface area contributed by atoms with Gasteiger partial charge in [0.2, 0.25) is 0 Å². The van der Waals surface area contributed by atoms with Gasteiger partial charge in [0.05, 0.1) is 6.54 Å². The number of likely N-dealkylation sites (tertiary alicyclic amines) is 1. The van der Waals surface area contributed by atoms with Crippen molar-refractivity contribution in [1.29, 1.82) is 0 Å². The maximum Gasteiger partial charge on any atom is 0.317 e. The number of piperidine rings is 1. The quantitative estimate of drug-likeness (QED) is 0.769. The van der Waals surface area contributed by atoms with Gasteiger partial charge < -0.3 is 10.0 Å². The Labute approximate surface area is 98.2 Å². The Morgan fingerprint density at radius 1 is 1.50 bits per heavy atom. The number of hydrogen-bond donors (Lipinski definition) is 1. The molecule has 94 valence electrons. The van der Waals surface area contributed by atoms with Gasteiger partial charge in [-0.25, -0.2) is 0 Å². The fourth-order valence-electron chi connectivity index (χ4n) is 2.19. The van der Waals surface area contributed by atoms with Crippen LogP contribution in [0.15, 0.2) is 0 Å². The molecule has 1 unspecified atom stereocenters. The fourth-order valence-corrected chi connectivity index (χ4v) is 2.19. The first-order valence-corrected chi connectivity index (χ1v) is 6.16. The molecule has 16 heavy (non-hydrogen) atoms. The van der Waals surface area contributed by atoms with Gasteiger partial charge in [-0.05, 0) is 40.3 Å². The van der Waals surface area contributed by atoms with Crippen LogP contribution in [0.25, 0.3) is 0 Å². The lowest BCUT2D eigenvalue weighted by atomic mass is 10.0. The molecule has 0 aromatic heterocycles. The second-order valence-electron chi connectivity index (χ2n) is 5.05. The first-order valence-electron chi connectivity index (χ1n) is 6.16. The molecule has 1 heterocycles. The van der Waals surface area contributed by atoms with Gasteiger partial charge in [-0.2, -0.15) is 0 Å². The van der Waals surface area contributed by atoms with Crippen LogP contribution >= 0.6 is 0 Å². The number of carboxylic acid groups (broad SMARTS) is 1. The van der Waals surface area contributed by atoms with Crippen LogP contribution in [0.3, 0.4) is 0 Å². The van der Waals surface area contributed by atoms with E-state index >= 15 is 0 Å². The molecule has 1 rings (SSSR count). The molecule has 1 aliphatic rings.